The number of rotatable bonds is 9. The monoisotopic (exact) mass is 477 g/mol. The van der Waals surface area contributed by atoms with Crippen LogP contribution in [0.3, 0.4) is 0 Å². The van der Waals surface area contributed by atoms with Gasteiger partial charge in [0, 0.05) is 38.4 Å². The maximum absolute atomic E-state index is 13.2. The van der Waals surface area contributed by atoms with E-state index >= 15 is 0 Å². The fraction of sp³-hybridized carbons (Fsp3) is 0.480. The molecule has 0 bridgehead atoms. The van der Waals surface area contributed by atoms with Crippen molar-refractivity contribution in [2.45, 2.75) is 43.6 Å². The zero-order valence-corrected chi connectivity index (χ0v) is 19.1. The molecule has 1 atom stereocenters. The molecule has 2 fully saturated rings. The van der Waals surface area contributed by atoms with Crippen LogP contribution in [0.2, 0.25) is 0 Å². The van der Waals surface area contributed by atoms with Crippen LogP contribution < -0.4 is 16.0 Å². The molecule has 0 aromatic heterocycles. The van der Waals surface area contributed by atoms with Gasteiger partial charge in [0.1, 0.15) is 0 Å². The van der Waals surface area contributed by atoms with E-state index in [2.05, 4.69) is 16.0 Å². The second-order valence-electron chi connectivity index (χ2n) is 9.07. The molecule has 0 radical (unpaired) electrons. The molecule has 2 aromatic rings. The predicted molar refractivity (Wildman–Crippen MR) is 123 cm³/mol. The van der Waals surface area contributed by atoms with Crippen LogP contribution in [0.4, 0.5) is 24.5 Å². The summed E-state index contributed by atoms with van der Waals surface area (Å²) in [7, 11) is 1.67. The van der Waals surface area contributed by atoms with Crippen molar-refractivity contribution in [2.75, 3.05) is 32.2 Å². The summed E-state index contributed by atoms with van der Waals surface area (Å²) in [5.41, 5.74) is 0.438. The lowest BCUT2D eigenvalue weighted by molar-refractivity contribution is -0.137. The summed E-state index contributed by atoms with van der Waals surface area (Å²) < 4.78 is 50.5. The Bertz CT molecular complexity index is 969. The summed E-state index contributed by atoms with van der Waals surface area (Å²) in [4.78, 5) is 12.6. The standard InChI is InChI=1S/C25H30F3N3O3/c1-33-20-12-18(13-20)23(32)31-24(10-11-34-16-24)15-29-14-17-6-8-19(9-7-17)30-22-5-3-2-4-21(22)25(26,27)28/h2-9,18,20,29-30H,10-16H2,1H3,(H,31,32). The van der Waals surface area contributed by atoms with Crippen molar-refractivity contribution in [3.8, 4) is 0 Å². The lowest BCUT2D eigenvalue weighted by Gasteiger charge is -2.37. The van der Waals surface area contributed by atoms with Crippen LogP contribution in [-0.4, -0.2) is 44.4 Å². The van der Waals surface area contributed by atoms with Crippen LogP contribution in [0.15, 0.2) is 48.5 Å². The third-order valence-electron chi connectivity index (χ3n) is 6.55. The van der Waals surface area contributed by atoms with E-state index in [1.807, 2.05) is 12.1 Å². The number of halogens is 3. The number of ether oxygens (including phenoxy) is 2. The van der Waals surface area contributed by atoms with Gasteiger partial charge in [-0.25, -0.2) is 0 Å². The number of para-hydroxylation sites is 1. The fourth-order valence-electron chi connectivity index (χ4n) is 4.37. The zero-order chi connectivity index (χ0) is 24.2. The summed E-state index contributed by atoms with van der Waals surface area (Å²) in [6.45, 7) is 2.20. The van der Waals surface area contributed by atoms with Crippen LogP contribution in [0.5, 0.6) is 0 Å². The number of carbonyl (C=O) groups excluding carboxylic acids is 1. The molecule has 184 valence electrons. The van der Waals surface area contributed by atoms with Gasteiger partial charge in [0.25, 0.3) is 0 Å². The van der Waals surface area contributed by atoms with Gasteiger partial charge in [-0.3, -0.25) is 4.79 Å². The fourth-order valence-corrected chi connectivity index (χ4v) is 4.37. The van der Waals surface area contributed by atoms with Crippen molar-refractivity contribution < 1.29 is 27.4 Å². The van der Waals surface area contributed by atoms with Crippen molar-refractivity contribution in [1.82, 2.24) is 10.6 Å². The molecule has 1 saturated carbocycles. The first-order chi connectivity index (χ1) is 16.3. The number of amides is 1. The molecule has 1 aliphatic heterocycles. The largest absolute Gasteiger partial charge is 0.418 e. The van der Waals surface area contributed by atoms with E-state index in [-0.39, 0.29) is 23.6 Å². The number of carbonyl (C=O) groups is 1. The van der Waals surface area contributed by atoms with Gasteiger partial charge in [-0.15, -0.1) is 0 Å². The molecule has 1 heterocycles. The first-order valence-electron chi connectivity index (χ1n) is 11.4. The summed E-state index contributed by atoms with van der Waals surface area (Å²) in [5.74, 6) is 0.0418. The third-order valence-corrected chi connectivity index (χ3v) is 6.55. The van der Waals surface area contributed by atoms with Gasteiger partial charge in [-0.2, -0.15) is 13.2 Å². The average Bonchev–Trinajstić information content (AvgIpc) is 3.22. The number of benzene rings is 2. The molecule has 4 rings (SSSR count). The highest BCUT2D eigenvalue weighted by Crippen LogP contribution is 2.36. The zero-order valence-electron chi connectivity index (χ0n) is 19.1. The Balaban J connectivity index is 1.30. The molecule has 3 N–H and O–H groups in total. The molecular weight excluding hydrogens is 447 g/mol. The molecule has 1 aliphatic carbocycles. The number of nitrogens with one attached hydrogen (secondary N) is 3. The van der Waals surface area contributed by atoms with Crippen LogP contribution in [0.25, 0.3) is 0 Å². The van der Waals surface area contributed by atoms with E-state index in [0.29, 0.717) is 32.0 Å². The van der Waals surface area contributed by atoms with Crippen LogP contribution in [-0.2, 0) is 27.0 Å². The molecular formula is C25H30F3N3O3. The van der Waals surface area contributed by atoms with E-state index in [9.17, 15) is 18.0 Å². The smallest absolute Gasteiger partial charge is 0.381 e. The normalized spacial score (nSPS) is 24.5. The van der Waals surface area contributed by atoms with E-state index in [4.69, 9.17) is 9.47 Å². The van der Waals surface area contributed by atoms with Gasteiger partial charge in [0.2, 0.25) is 5.91 Å². The third kappa shape index (κ3) is 5.89. The van der Waals surface area contributed by atoms with E-state index in [1.54, 1.807) is 25.3 Å². The average molecular weight is 478 g/mol. The van der Waals surface area contributed by atoms with Crippen LogP contribution in [0.1, 0.15) is 30.4 Å². The highest BCUT2D eigenvalue weighted by atomic mass is 19.4. The van der Waals surface area contributed by atoms with Crippen molar-refractivity contribution in [1.29, 1.82) is 0 Å². The Kier molecular flexibility index (Phi) is 7.45. The quantitative estimate of drug-likeness (QED) is 0.504. The predicted octanol–water partition coefficient (Wildman–Crippen LogP) is 4.24. The van der Waals surface area contributed by atoms with Crippen LogP contribution >= 0.6 is 0 Å². The summed E-state index contributed by atoms with van der Waals surface area (Å²) in [6, 6.07) is 12.6. The number of anilines is 2. The Labute approximate surface area is 197 Å². The van der Waals surface area contributed by atoms with Crippen molar-refractivity contribution in [3.05, 3.63) is 59.7 Å². The molecule has 2 aromatic carbocycles. The van der Waals surface area contributed by atoms with Gasteiger partial charge in [-0.05, 0) is 49.1 Å². The molecule has 0 spiro atoms. The van der Waals surface area contributed by atoms with Gasteiger partial charge in [-0.1, -0.05) is 24.3 Å². The molecule has 1 saturated heterocycles. The molecule has 9 heteroatoms. The highest BCUT2D eigenvalue weighted by molar-refractivity contribution is 5.80. The van der Waals surface area contributed by atoms with Gasteiger partial charge >= 0.3 is 6.18 Å². The lowest BCUT2D eigenvalue weighted by Crippen LogP contribution is -2.58. The maximum atomic E-state index is 13.2. The minimum Gasteiger partial charge on any atom is -0.381 e. The van der Waals surface area contributed by atoms with Crippen molar-refractivity contribution in [3.63, 3.8) is 0 Å². The first kappa shape index (κ1) is 24.5. The Hall–Kier alpha value is -2.62. The van der Waals surface area contributed by atoms with E-state index in [1.165, 1.54) is 12.1 Å². The van der Waals surface area contributed by atoms with Crippen molar-refractivity contribution in [2.24, 2.45) is 5.92 Å². The van der Waals surface area contributed by atoms with Gasteiger partial charge in [0.05, 0.1) is 29.5 Å². The second-order valence-corrected chi connectivity index (χ2v) is 9.07. The maximum Gasteiger partial charge on any atom is 0.418 e. The number of hydrogen-bond acceptors (Lipinski definition) is 5. The van der Waals surface area contributed by atoms with Crippen molar-refractivity contribution >= 4 is 17.3 Å². The second kappa shape index (κ2) is 10.3. The van der Waals surface area contributed by atoms with Crippen LogP contribution in [0, 0.1) is 5.92 Å². The van der Waals surface area contributed by atoms with E-state index in [0.717, 1.165) is 30.9 Å². The number of hydrogen-bond donors (Lipinski definition) is 3. The minimum atomic E-state index is -4.42. The number of methoxy groups -OCH3 is 1. The minimum absolute atomic E-state index is 0.00931. The first-order valence-corrected chi connectivity index (χ1v) is 11.4. The molecule has 34 heavy (non-hydrogen) atoms. The molecule has 2 aliphatic rings. The summed E-state index contributed by atoms with van der Waals surface area (Å²) in [6.07, 6.45) is -2.01. The molecule has 6 nitrogen and oxygen atoms in total. The van der Waals surface area contributed by atoms with Gasteiger partial charge < -0.3 is 25.4 Å². The summed E-state index contributed by atoms with van der Waals surface area (Å²) in [5, 5.41) is 9.44. The Morgan fingerprint density at radius 1 is 1.15 bits per heavy atom. The molecule has 1 amide bonds. The summed E-state index contributed by atoms with van der Waals surface area (Å²) >= 11 is 0. The molecule has 1 unspecified atom stereocenters. The lowest BCUT2D eigenvalue weighted by atomic mass is 9.81. The number of alkyl halides is 3. The topological polar surface area (TPSA) is 71.6 Å². The SMILES string of the molecule is COC1CC(C(=O)NC2(CNCc3ccc(Nc4ccccc4C(F)(F)F)cc3)CCOC2)C1. The Morgan fingerprint density at radius 3 is 2.53 bits per heavy atom. The Morgan fingerprint density at radius 2 is 1.88 bits per heavy atom. The van der Waals surface area contributed by atoms with E-state index < -0.39 is 17.3 Å². The highest BCUT2D eigenvalue weighted by Gasteiger charge is 2.41. The van der Waals surface area contributed by atoms with Gasteiger partial charge in [0.15, 0.2) is 0 Å².